The summed E-state index contributed by atoms with van der Waals surface area (Å²) in [6.07, 6.45) is -6.48. The number of rotatable bonds is 15. The summed E-state index contributed by atoms with van der Waals surface area (Å²) in [4.78, 5) is 35.1. The van der Waals surface area contributed by atoms with E-state index in [1.54, 1.807) is 0 Å². The monoisotopic (exact) mass is 1380 g/mol. The molecule has 42 heteroatoms. The molecule has 3 fully saturated rings. The van der Waals surface area contributed by atoms with Crippen molar-refractivity contribution in [1.29, 1.82) is 0 Å². The van der Waals surface area contributed by atoms with Crippen LogP contribution in [-0.2, 0) is 87.6 Å². The molecule has 3 aliphatic carbocycles. The van der Waals surface area contributed by atoms with Gasteiger partial charge in [0.2, 0.25) is 0 Å². The second kappa shape index (κ2) is 28.1. The Hall–Kier alpha value is -3.93. The predicted molar refractivity (Wildman–Crippen MR) is 255 cm³/mol. The molecule has 6 unspecified atom stereocenters. The van der Waals surface area contributed by atoms with Gasteiger partial charge in [0.15, 0.2) is 13.7 Å². The number of hydrogen-bond donors (Lipinski definition) is 0. The Morgan fingerprint density at radius 1 is 0.310 bits per heavy atom. The van der Waals surface area contributed by atoms with Crippen molar-refractivity contribution in [3.05, 3.63) is 36.5 Å². The van der Waals surface area contributed by atoms with Crippen LogP contribution in [0.5, 0.6) is 0 Å². The molecule has 0 saturated heterocycles. The average Bonchev–Trinajstić information content (AvgIpc) is 3.51. The van der Waals surface area contributed by atoms with Gasteiger partial charge in [-0.3, -0.25) is 0 Å². The number of esters is 3. The number of carbonyl (C=O) groups is 3. The molecule has 3 saturated carbocycles. The van der Waals surface area contributed by atoms with Crippen molar-refractivity contribution in [3.8, 4) is 0 Å². The van der Waals surface area contributed by atoms with Gasteiger partial charge in [-0.1, -0.05) is 58.3 Å². The lowest BCUT2D eigenvalue weighted by Gasteiger charge is -2.36. The molecule has 0 aromatic heterocycles. The van der Waals surface area contributed by atoms with Crippen LogP contribution in [0.15, 0.2) is 36.5 Å². The van der Waals surface area contributed by atoms with Crippen LogP contribution in [-0.4, -0.2) is 134 Å². The fourth-order valence-electron chi connectivity index (χ4n) is 8.67. The summed E-state index contributed by atoms with van der Waals surface area (Å²) < 4.78 is 380. The Labute approximate surface area is 469 Å². The highest BCUT2D eigenvalue weighted by Crippen LogP contribution is 2.48. The van der Waals surface area contributed by atoms with Gasteiger partial charge in [-0.2, -0.15) is 79.0 Å². The van der Waals surface area contributed by atoms with Crippen molar-refractivity contribution in [2.75, 3.05) is 0 Å². The zero-order valence-corrected chi connectivity index (χ0v) is 48.4. The van der Waals surface area contributed by atoms with Gasteiger partial charge in [-0.05, 0) is 78.6 Å². The summed E-state index contributed by atoms with van der Waals surface area (Å²) in [6, 6.07) is 0. The maximum atomic E-state index is 13.1. The molecular formula is C42H54F18O18S6. The van der Waals surface area contributed by atoms with E-state index < -0.39 is 179 Å². The summed E-state index contributed by atoms with van der Waals surface area (Å²) >= 11 is 0. The van der Waals surface area contributed by atoms with Gasteiger partial charge in [0, 0.05) is 34.5 Å². The maximum absolute atomic E-state index is 13.1. The molecule has 0 N–H and O–H groups in total. The van der Waals surface area contributed by atoms with Crippen molar-refractivity contribution in [2.45, 2.75) is 182 Å². The van der Waals surface area contributed by atoms with E-state index in [4.69, 9.17) is 14.2 Å². The van der Waals surface area contributed by atoms with Crippen LogP contribution in [0.2, 0.25) is 0 Å². The molecule has 3 rings (SSSR count). The molecule has 3 aliphatic rings. The van der Waals surface area contributed by atoms with Gasteiger partial charge in [0.25, 0.3) is 59.0 Å². The predicted octanol–water partition coefficient (Wildman–Crippen LogP) is 9.75. The standard InChI is InChI=1S/C15H20F6O6S2.C14H18F6O6S2.C13H16F6O6S2/c1-9(2)12(22)27-11-8-6-4-3-5-7-10(11)13(28(23,24)14(16,17)18)29(25,26)15(19,20)21;1-8(2)11(21)26-10-7-5-3-4-6-9(10)12(27(22,23)13(15,16)17)28(24,25)14(18,19)20;1-7(2)10(20)25-9-6-4-3-5-8(9)11(26(21,22)12(14,15)16)27(23,24)13(17,18)19/h10-11,13H,1,3-8H2,2H3;9-10,12H,1,3-7H2,2H3;8-9,11H,1,3-6H2,2H3. The van der Waals surface area contributed by atoms with E-state index in [0.29, 0.717) is 12.8 Å². The Bertz CT molecular complexity index is 2960. The SMILES string of the molecule is C=C(C)C(=O)OC1CCCCC1C(S(=O)(=O)C(F)(F)F)S(=O)(=O)C(F)(F)F.C=C(C)C(=O)OC1CCCCCC1C(S(=O)(=O)C(F)(F)F)S(=O)(=O)C(F)(F)F.C=C(C)C(=O)OC1CCCCCCC1C(S(=O)(=O)C(F)(F)F)S(=O)(=O)C(F)(F)F. The Morgan fingerprint density at radius 2 is 0.452 bits per heavy atom. The van der Waals surface area contributed by atoms with Gasteiger partial charge in [0.1, 0.15) is 18.3 Å². The number of ether oxygens (including phenoxy) is 3. The number of sulfone groups is 6. The summed E-state index contributed by atoms with van der Waals surface area (Å²) in [5.74, 6) is -10.3. The van der Waals surface area contributed by atoms with E-state index in [1.807, 2.05) is 0 Å². The molecule has 84 heavy (non-hydrogen) atoms. The first-order valence-corrected chi connectivity index (χ1v) is 33.0. The second-order valence-electron chi connectivity index (χ2n) is 19.1. The molecular weight excluding hydrogens is 1330 g/mol. The van der Waals surface area contributed by atoms with Gasteiger partial charge >= 0.3 is 51.0 Å². The van der Waals surface area contributed by atoms with E-state index in [0.717, 1.165) is 20.8 Å². The minimum atomic E-state index is -6.82. The van der Waals surface area contributed by atoms with Crippen LogP contribution >= 0.6 is 0 Å². The fraction of sp³-hybridized carbons (Fsp3) is 0.786. The highest BCUT2D eigenvalue weighted by molar-refractivity contribution is 8.10. The first-order valence-electron chi connectivity index (χ1n) is 23.7. The summed E-state index contributed by atoms with van der Waals surface area (Å²) in [5.41, 5.74) is -38.3. The van der Waals surface area contributed by atoms with Crippen LogP contribution in [0.3, 0.4) is 0 Å². The van der Waals surface area contributed by atoms with Gasteiger partial charge in [0.05, 0.1) is 0 Å². The van der Waals surface area contributed by atoms with Crippen LogP contribution < -0.4 is 0 Å². The van der Waals surface area contributed by atoms with E-state index in [2.05, 4.69) is 19.7 Å². The third-order valence-corrected chi connectivity index (χ3v) is 26.9. The number of carbonyl (C=O) groups excluding carboxylic acids is 3. The summed E-state index contributed by atoms with van der Waals surface area (Å²) in [6.45, 7) is 13.1. The van der Waals surface area contributed by atoms with E-state index in [1.165, 1.54) is 0 Å². The topological polar surface area (TPSA) is 284 Å². The number of alkyl halides is 18. The minimum Gasteiger partial charge on any atom is -0.459 e. The van der Waals surface area contributed by atoms with Gasteiger partial charge in [-0.15, -0.1) is 0 Å². The first kappa shape index (κ1) is 78.1. The maximum Gasteiger partial charge on any atom is 0.498 e. The average molecular weight is 1380 g/mol. The molecule has 0 radical (unpaired) electrons. The van der Waals surface area contributed by atoms with Crippen molar-refractivity contribution >= 4 is 76.9 Å². The van der Waals surface area contributed by atoms with Crippen molar-refractivity contribution in [2.24, 2.45) is 17.8 Å². The lowest BCUT2D eigenvalue weighted by Crippen LogP contribution is -2.53. The van der Waals surface area contributed by atoms with Crippen LogP contribution in [0, 0.1) is 17.8 Å². The molecule has 0 spiro atoms. The first-order chi connectivity index (χ1) is 37.3. The van der Waals surface area contributed by atoms with E-state index >= 15 is 0 Å². The third kappa shape index (κ3) is 18.6. The van der Waals surface area contributed by atoms with Crippen LogP contribution in [0.1, 0.15) is 117 Å². The highest BCUT2D eigenvalue weighted by Gasteiger charge is 2.69. The van der Waals surface area contributed by atoms with Crippen molar-refractivity contribution in [1.82, 2.24) is 0 Å². The van der Waals surface area contributed by atoms with Crippen molar-refractivity contribution in [3.63, 3.8) is 0 Å². The molecule has 0 amide bonds. The molecule has 0 aliphatic heterocycles. The minimum absolute atomic E-state index is 0.0386. The van der Waals surface area contributed by atoms with Crippen LogP contribution in [0.25, 0.3) is 0 Å². The summed E-state index contributed by atoms with van der Waals surface area (Å²) in [7, 11) is -40.8. The zero-order valence-electron chi connectivity index (χ0n) is 43.5. The Balaban J connectivity index is 0.000000630. The van der Waals surface area contributed by atoms with Gasteiger partial charge in [-0.25, -0.2) is 64.9 Å². The highest BCUT2D eigenvalue weighted by atomic mass is 32.3. The largest absolute Gasteiger partial charge is 0.498 e. The van der Waals surface area contributed by atoms with E-state index in [-0.39, 0.29) is 80.9 Å². The molecule has 0 heterocycles. The molecule has 18 nitrogen and oxygen atoms in total. The lowest BCUT2D eigenvalue weighted by atomic mass is 9.87. The molecule has 6 atom stereocenters. The van der Waals surface area contributed by atoms with Crippen LogP contribution in [0.4, 0.5) is 79.0 Å². The number of hydrogen-bond acceptors (Lipinski definition) is 18. The smallest absolute Gasteiger partial charge is 0.459 e. The quantitative estimate of drug-likeness (QED) is 0.0484. The zero-order chi connectivity index (χ0) is 66.4. The van der Waals surface area contributed by atoms with Gasteiger partial charge < -0.3 is 14.2 Å². The fourth-order valence-corrected chi connectivity index (χ4v) is 20.8. The normalized spacial score (nSPS) is 22.6. The molecule has 0 bridgehead atoms. The molecule has 492 valence electrons. The Morgan fingerprint density at radius 3 is 0.619 bits per heavy atom. The van der Waals surface area contributed by atoms with Crippen molar-refractivity contribution < 1.29 is 158 Å². The summed E-state index contributed by atoms with van der Waals surface area (Å²) in [5, 5.41) is 0. The molecule has 0 aromatic carbocycles. The molecule has 0 aromatic rings. The Kier molecular flexibility index (Phi) is 26.1. The van der Waals surface area contributed by atoms with E-state index in [9.17, 15) is 144 Å². The second-order valence-corrected chi connectivity index (χ2v) is 32.4. The third-order valence-electron chi connectivity index (χ3n) is 12.7. The number of halogens is 18. The lowest BCUT2D eigenvalue weighted by molar-refractivity contribution is -0.149.